The lowest BCUT2D eigenvalue weighted by molar-refractivity contribution is 0.368. The van der Waals surface area contributed by atoms with Gasteiger partial charge in [0.05, 0.1) is 5.69 Å². The third kappa shape index (κ3) is 1.73. The molecule has 0 aliphatic heterocycles. The standard InChI is InChI=1S/C6H11N3O/c1-9(2)4-5-3-6(7)10-8-5/h3H,4,7H2,1-2H3. The highest BCUT2D eigenvalue weighted by Crippen LogP contribution is 2.05. The molecule has 10 heavy (non-hydrogen) atoms. The first-order valence-electron chi connectivity index (χ1n) is 3.04. The predicted octanol–water partition coefficient (Wildman–Crippen LogP) is 0.318. The van der Waals surface area contributed by atoms with Crippen LogP contribution in [0.1, 0.15) is 5.69 Å². The number of nitrogens with zero attached hydrogens (tertiary/aromatic N) is 2. The Morgan fingerprint density at radius 3 is 2.80 bits per heavy atom. The van der Waals surface area contributed by atoms with Crippen molar-refractivity contribution in [2.75, 3.05) is 19.8 Å². The van der Waals surface area contributed by atoms with E-state index in [1.54, 1.807) is 6.07 Å². The van der Waals surface area contributed by atoms with Crippen LogP contribution in [0, 0.1) is 0 Å². The molecular weight excluding hydrogens is 130 g/mol. The zero-order valence-corrected chi connectivity index (χ0v) is 6.16. The van der Waals surface area contributed by atoms with Crippen LogP contribution in [-0.4, -0.2) is 24.2 Å². The van der Waals surface area contributed by atoms with E-state index >= 15 is 0 Å². The summed E-state index contributed by atoms with van der Waals surface area (Å²) in [5.74, 6) is 0.372. The van der Waals surface area contributed by atoms with Crippen molar-refractivity contribution in [1.82, 2.24) is 10.1 Å². The highest BCUT2D eigenvalue weighted by molar-refractivity contribution is 5.23. The summed E-state index contributed by atoms with van der Waals surface area (Å²) in [6.07, 6.45) is 0. The average Bonchev–Trinajstić information content (AvgIpc) is 2.13. The lowest BCUT2D eigenvalue weighted by atomic mass is 10.4. The van der Waals surface area contributed by atoms with Crippen molar-refractivity contribution in [3.8, 4) is 0 Å². The van der Waals surface area contributed by atoms with Crippen molar-refractivity contribution < 1.29 is 4.52 Å². The number of nitrogen functional groups attached to an aromatic ring is 1. The number of aromatic nitrogens is 1. The molecule has 0 amide bonds. The van der Waals surface area contributed by atoms with E-state index < -0.39 is 0 Å². The first-order chi connectivity index (χ1) is 4.68. The zero-order chi connectivity index (χ0) is 7.56. The monoisotopic (exact) mass is 141 g/mol. The third-order valence-electron chi connectivity index (χ3n) is 1.06. The number of hydrogen-bond acceptors (Lipinski definition) is 4. The summed E-state index contributed by atoms with van der Waals surface area (Å²) < 4.78 is 4.67. The summed E-state index contributed by atoms with van der Waals surface area (Å²) in [6, 6.07) is 1.72. The molecule has 4 nitrogen and oxygen atoms in total. The largest absolute Gasteiger partial charge is 0.368 e. The Labute approximate surface area is 59.6 Å². The topological polar surface area (TPSA) is 55.3 Å². The van der Waals surface area contributed by atoms with Gasteiger partial charge in [-0.1, -0.05) is 5.16 Å². The van der Waals surface area contributed by atoms with Crippen LogP contribution >= 0.6 is 0 Å². The summed E-state index contributed by atoms with van der Waals surface area (Å²) >= 11 is 0. The second-order valence-corrected chi connectivity index (χ2v) is 2.46. The molecule has 0 saturated heterocycles. The van der Waals surface area contributed by atoms with Crippen molar-refractivity contribution in [3.05, 3.63) is 11.8 Å². The molecule has 0 unspecified atom stereocenters. The fourth-order valence-corrected chi connectivity index (χ4v) is 0.727. The molecule has 56 valence electrons. The van der Waals surface area contributed by atoms with Gasteiger partial charge in [0.25, 0.3) is 0 Å². The minimum Gasteiger partial charge on any atom is -0.368 e. The second-order valence-electron chi connectivity index (χ2n) is 2.46. The Morgan fingerprint density at radius 1 is 1.70 bits per heavy atom. The van der Waals surface area contributed by atoms with Crippen molar-refractivity contribution >= 4 is 5.88 Å². The molecule has 1 rings (SSSR count). The van der Waals surface area contributed by atoms with E-state index in [9.17, 15) is 0 Å². The lowest BCUT2D eigenvalue weighted by Crippen LogP contribution is -2.10. The Bertz CT molecular complexity index is 207. The smallest absolute Gasteiger partial charge is 0.222 e. The maximum Gasteiger partial charge on any atom is 0.222 e. The summed E-state index contributed by atoms with van der Waals surface area (Å²) in [7, 11) is 3.93. The molecule has 0 aliphatic carbocycles. The van der Waals surface area contributed by atoms with Crippen LogP contribution in [0.2, 0.25) is 0 Å². The third-order valence-corrected chi connectivity index (χ3v) is 1.06. The Morgan fingerprint density at radius 2 is 2.40 bits per heavy atom. The van der Waals surface area contributed by atoms with Gasteiger partial charge in [0.15, 0.2) is 0 Å². The van der Waals surface area contributed by atoms with Gasteiger partial charge in [-0.15, -0.1) is 0 Å². The number of rotatable bonds is 2. The molecule has 0 atom stereocenters. The van der Waals surface area contributed by atoms with Crippen LogP contribution in [0.4, 0.5) is 5.88 Å². The minimum atomic E-state index is 0.372. The fraction of sp³-hybridized carbons (Fsp3) is 0.500. The molecule has 0 fully saturated rings. The molecule has 0 aromatic carbocycles. The molecule has 1 aromatic rings. The van der Waals surface area contributed by atoms with Crippen LogP contribution < -0.4 is 5.73 Å². The van der Waals surface area contributed by atoms with Crippen molar-refractivity contribution in [1.29, 1.82) is 0 Å². The van der Waals surface area contributed by atoms with E-state index in [0.717, 1.165) is 12.2 Å². The Balaban J connectivity index is 2.58. The Kier molecular flexibility index (Phi) is 1.91. The molecule has 2 N–H and O–H groups in total. The fourth-order valence-electron chi connectivity index (χ4n) is 0.727. The van der Waals surface area contributed by atoms with Gasteiger partial charge in [-0.2, -0.15) is 0 Å². The quantitative estimate of drug-likeness (QED) is 0.644. The van der Waals surface area contributed by atoms with E-state index in [1.165, 1.54) is 0 Å². The molecule has 0 spiro atoms. The van der Waals surface area contributed by atoms with E-state index in [1.807, 2.05) is 19.0 Å². The number of nitrogens with two attached hydrogens (primary N) is 1. The van der Waals surface area contributed by atoms with E-state index in [2.05, 4.69) is 9.68 Å². The molecule has 4 heteroatoms. The summed E-state index contributed by atoms with van der Waals surface area (Å²) in [4.78, 5) is 2.00. The predicted molar refractivity (Wildman–Crippen MR) is 38.3 cm³/mol. The van der Waals surface area contributed by atoms with Gasteiger partial charge >= 0.3 is 0 Å². The number of anilines is 1. The van der Waals surface area contributed by atoms with E-state index in [4.69, 9.17) is 5.73 Å². The first-order valence-corrected chi connectivity index (χ1v) is 3.04. The molecule has 1 aromatic heterocycles. The van der Waals surface area contributed by atoms with Crippen LogP contribution in [0.15, 0.2) is 10.6 Å². The van der Waals surface area contributed by atoms with E-state index in [-0.39, 0.29) is 0 Å². The second kappa shape index (κ2) is 2.70. The SMILES string of the molecule is CN(C)Cc1cc(N)on1. The highest BCUT2D eigenvalue weighted by Gasteiger charge is 2.00. The molecule has 0 aliphatic rings. The molecule has 1 heterocycles. The van der Waals surface area contributed by atoms with Gasteiger partial charge < -0.3 is 15.2 Å². The zero-order valence-electron chi connectivity index (χ0n) is 6.16. The van der Waals surface area contributed by atoms with Crippen LogP contribution in [-0.2, 0) is 6.54 Å². The molecular formula is C6H11N3O. The van der Waals surface area contributed by atoms with Crippen molar-refractivity contribution in [3.63, 3.8) is 0 Å². The summed E-state index contributed by atoms with van der Waals surface area (Å²) in [6.45, 7) is 0.765. The molecule has 0 saturated carbocycles. The van der Waals surface area contributed by atoms with Gasteiger partial charge in [0, 0.05) is 12.6 Å². The molecule has 0 radical (unpaired) electrons. The molecule has 0 bridgehead atoms. The van der Waals surface area contributed by atoms with Crippen LogP contribution in [0.3, 0.4) is 0 Å². The van der Waals surface area contributed by atoms with E-state index in [0.29, 0.717) is 5.88 Å². The minimum absolute atomic E-state index is 0.372. The normalized spacial score (nSPS) is 10.7. The maximum atomic E-state index is 5.31. The van der Waals surface area contributed by atoms with Gasteiger partial charge in [-0.3, -0.25) is 0 Å². The van der Waals surface area contributed by atoms with Crippen molar-refractivity contribution in [2.24, 2.45) is 0 Å². The van der Waals surface area contributed by atoms with Crippen LogP contribution in [0.25, 0.3) is 0 Å². The van der Waals surface area contributed by atoms with Gasteiger partial charge in [0.2, 0.25) is 5.88 Å². The van der Waals surface area contributed by atoms with Gasteiger partial charge in [-0.05, 0) is 14.1 Å². The van der Waals surface area contributed by atoms with Gasteiger partial charge in [-0.25, -0.2) is 0 Å². The lowest BCUT2D eigenvalue weighted by Gasteiger charge is -2.03. The van der Waals surface area contributed by atoms with Crippen LogP contribution in [0.5, 0.6) is 0 Å². The Hall–Kier alpha value is -1.03. The maximum absolute atomic E-state index is 5.31. The highest BCUT2D eigenvalue weighted by atomic mass is 16.5. The number of hydrogen-bond donors (Lipinski definition) is 1. The summed E-state index contributed by atoms with van der Waals surface area (Å²) in [5, 5.41) is 3.71. The van der Waals surface area contributed by atoms with Crippen molar-refractivity contribution in [2.45, 2.75) is 6.54 Å². The average molecular weight is 141 g/mol. The first kappa shape index (κ1) is 7.08. The summed E-state index contributed by atoms with van der Waals surface area (Å²) in [5.41, 5.74) is 6.17. The van der Waals surface area contributed by atoms with Gasteiger partial charge in [0.1, 0.15) is 0 Å².